The summed E-state index contributed by atoms with van der Waals surface area (Å²) in [6, 6.07) is 10.1. The predicted octanol–water partition coefficient (Wildman–Crippen LogP) is 4.09. The highest BCUT2D eigenvalue weighted by molar-refractivity contribution is 5.69. The summed E-state index contributed by atoms with van der Waals surface area (Å²) in [5.74, 6) is 0.369. The van der Waals surface area contributed by atoms with Gasteiger partial charge in [0.15, 0.2) is 0 Å². The average molecular weight is 374 g/mol. The molecule has 3 rings (SSSR count). The number of carbonyl (C=O) groups excluding carboxylic acids is 2. The molecule has 1 aromatic carbocycles. The maximum atomic E-state index is 12.6. The van der Waals surface area contributed by atoms with Gasteiger partial charge in [0, 0.05) is 18.6 Å². The fourth-order valence-corrected chi connectivity index (χ4v) is 4.09. The van der Waals surface area contributed by atoms with Crippen molar-refractivity contribution in [3.8, 4) is 0 Å². The smallest absolute Gasteiger partial charge is 0.410 e. The summed E-state index contributed by atoms with van der Waals surface area (Å²) >= 11 is 0. The van der Waals surface area contributed by atoms with Crippen LogP contribution in [0.2, 0.25) is 0 Å². The van der Waals surface area contributed by atoms with Crippen molar-refractivity contribution in [2.24, 2.45) is 5.92 Å². The molecule has 2 aliphatic heterocycles. The topological polar surface area (TPSA) is 67.9 Å². The maximum Gasteiger partial charge on any atom is 0.410 e. The zero-order valence-corrected chi connectivity index (χ0v) is 16.4. The zero-order chi connectivity index (χ0) is 19.4. The maximum absolute atomic E-state index is 12.6. The van der Waals surface area contributed by atoms with E-state index in [4.69, 9.17) is 9.47 Å². The summed E-state index contributed by atoms with van der Waals surface area (Å²) in [5, 5.41) is 2.87. The fourth-order valence-electron chi connectivity index (χ4n) is 4.09. The van der Waals surface area contributed by atoms with Gasteiger partial charge in [0.25, 0.3) is 0 Å². The van der Waals surface area contributed by atoms with Gasteiger partial charge in [-0.15, -0.1) is 0 Å². The van der Waals surface area contributed by atoms with Gasteiger partial charge < -0.3 is 19.7 Å². The van der Waals surface area contributed by atoms with Gasteiger partial charge in [-0.2, -0.15) is 0 Å². The lowest BCUT2D eigenvalue weighted by Crippen LogP contribution is -2.48. The van der Waals surface area contributed by atoms with E-state index in [2.05, 4.69) is 5.32 Å². The van der Waals surface area contributed by atoms with Gasteiger partial charge in [-0.1, -0.05) is 30.3 Å². The first kappa shape index (κ1) is 19.5. The van der Waals surface area contributed by atoms with Crippen LogP contribution in [0.25, 0.3) is 0 Å². The van der Waals surface area contributed by atoms with Crippen molar-refractivity contribution in [3.63, 3.8) is 0 Å². The van der Waals surface area contributed by atoms with E-state index in [1.165, 1.54) is 0 Å². The van der Waals surface area contributed by atoms with E-state index in [0.717, 1.165) is 31.2 Å². The number of fused-ring (bicyclic) bond motifs is 2. The summed E-state index contributed by atoms with van der Waals surface area (Å²) in [5.41, 5.74) is 0.504. The molecule has 148 valence electrons. The molecule has 2 amide bonds. The molecule has 6 nitrogen and oxygen atoms in total. The van der Waals surface area contributed by atoms with E-state index in [-0.39, 0.29) is 24.3 Å². The Kier molecular flexibility index (Phi) is 5.92. The Bertz CT molecular complexity index is 642. The van der Waals surface area contributed by atoms with Gasteiger partial charge in [-0.3, -0.25) is 0 Å². The Morgan fingerprint density at radius 3 is 2.33 bits per heavy atom. The number of hydrogen-bond donors (Lipinski definition) is 1. The minimum atomic E-state index is -0.491. The Hall–Kier alpha value is -2.24. The Balaban J connectivity index is 1.47. The van der Waals surface area contributed by atoms with Crippen LogP contribution in [0.1, 0.15) is 52.0 Å². The summed E-state index contributed by atoms with van der Waals surface area (Å²) < 4.78 is 10.8. The van der Waals surface area contributed by atoms with Gasteiger partial charge >= 0.3 is 12.2 Å². The van der Waals surface area contributed by atoms with Gasteiger partial charge in [-0.05, 0) is 57.9 Å². The molecule has 2 unspecified atom stereocenters. The van der Waals surface area contributed by atoms with Crippen molar-refractivity contribution in [1.82, 2.24) is 10.2 Å². The Morgan fingerprint density at radius 2 is 1.74 bits per heavy atom. The molecule has 6 heteroatoms. The number of rotatable bonds is 4. The van der Waals surface area contributed by atoms with Crippen LogP contribution in [0.4, 0.5) is 9.59 Å². The van der Waals surface area contributed by atoms with Crippen LogP contribution in [-0.2, 0) is 16.1 Å². The summed E-state index contributed by atoms with van der Waals surface area (Å²) in [4.78, 5) is 26.4. The second kappa shape index (κ2) is 8.19. The number of carbonyl (C=O) groups is 2. The highest BCUT2D eigenvalue weighted by Gasteiger charge is 2.44. The number of alkyl carbamates (subject to hydrolysis) is 1. The first-order chi connectivity index (χ1) is 12.8. The molecule has 2 aliphatic rings. The van der Waals surface area contributed by atoms with Crippen LogP contribution in [0, 0.1) is 5.92 Å². The van der Waals surface area contributed by atoms with Crippen LogP contribution >= 0.6 is 0 Å². The summed E-state index contributed by atoms with van der Waals surface area (Å²) in [6.07, 6.45) is 3.21. The van der Waals surface area contributed by atoms with Crippen molar-refractivity contribution < 1.29 is 19.1 Å². The van der Waals surface area contributed by atoms with E-state index in [1.54, 1.807) is 0 Å². The highest BCUT2D eigenvalue weighted by atomic mass is 16.6. The molecule has 0 radical (unpaired) electrons. The van der Waals surface area contributed by atoms with E-state index >= 15 is 0 Å². The van der Waals surface area contributed by atoms with Crippen LogP contribution in [0.5, 0.6) is 0 Å². The van der Waals surface area contributed by atoms with Crippen LogP contribution < -0.4 is 5.32 Å². The molecule has 2 saturated heterocycles. The largest absolute Gasteiger partial charge is 0.445 e. The second-order valence-electron chi connectivity index (χ2n) is 8.55. The standard InChI is InChI=1S/C21H30N2O4/c1-21(2,3)27-19(24)22-13-16-11-17-9-10-18(12-16)23(17)20(25)26-14-15-7-5-4-6-8-15/h4-8,16-18H,9-14H2,1-3H3,(H,22,24). The highest BCUT2D eigenvalue weighted by Crippen LogP contribution is 2.39. The number of nitrogens with one attached hydrogen (secondary N) is 1. The van der Waals surface area contributed by atoms with E-state index in [0.29, 0.717) is 19.1 Å². The van der Waals surface area contributed by atoms with Crippen molar-refractivity contribution in [2.75, 3.05) is 6.54 Å². The van der Waals surface area contributed by atoms with Crippen molar-refractivity contribution in [3.05, 3.63) is 35.9 Å². The van der Waals surface area contributed by atoms with Crippen molar-refractivity contribution >= 4 is 12.2 Å². The summed E-state index contributed by atoms with van der Waals surface area (Å²) in [7, 11) is 0. The second-order valence-corrected chi connectivity index (χ2v) is 8.55. The van der Waals surface area contributed by atoms with Crippen LogP contribution in [0.3, 0.4) is 0 Å². The fraction of sp³-hybridized carbons (Fsp3) is 0.619. The van der Waals surface area contributed by atoms with E-state index in [9.17, 15) is 9.59 Å². The first-order valence-corrected chi connectivity index (χ1v) is 9.77. The average Bonchev–Trinajstić information content (AvgIpc) is 2.88. The molecule has 27 heavy (non-hydrogen) atoms. The lowest BCUT2D eigenvalue weighted by molar-refractivity contribution is 0.0434. The number of amides is 2. The van der Waals surface area contributed by atoms with Gasteiger partial charge in [0.1, 0.15) is 12.2 Å². The third-order valence-electron chi connectivity index (χ3n) is 5.18. The molecule has 0 saturated carbocycles. The molecule has 0 aromatic heterocycles. The number of benzene rings is 1. The molecule has 2 bridgehead atoms. The molecular weight excluding hydrogens is 344 g/mol. The molecule has 0 spiro atoms. The molecule has 2 atom stereocenters. The van der Waals surface area contributed by atoms with Gasteiger partial charge in [-0.25, -0.2) is 9.59 Å². The van der Waals surface area contributed by atoms with Crippen molar-refractivity contribution in [2.45, 2.75) is 70.7 Å². The molecule has 0 aliphatic carbocycles. The predicted molar refractivity (Wildman–Crippen MR) is 102 cm³/mol. The number of piperidine rings is 1. The lowest BCUT2D eigenvalue weighted by Gasteiger charge is -2.38. The molecule has 2 fully saturated rings. The van der Waals surface area contributed by atoms with E-state index in [1.807, 2.05) is 56.0 Å². The number of nitrogens with zero attached hydrogens (tertiary/aromatic N) is 1. The van der Waals surface area contributed by atoms with E-state index < -0.39 is 5.60 Å². The van der Waals surface area contributed by atoms with Gasteiger partial charge in [0.2, 0.25) is 0 Å². The molecule has 1 N–H and O–H groups in total. The Labute approximate surface area is 161 Å². The normalized spacial score (nSPS) is 24.4. The van der Waals surface area contributed by atoms with Gasteiger partial charge in [0.05, 0.1) is 0 Å². The molecule has 2 heterocycles. The summed E-state index contributed by atoms with van der Waals surface area (Å²) in [6.45, 7) is 6.46. The minimum Gasteiger partial charge on any atom is -0.445 e. The quantitative estimate of drug-likeness (QED) is 0.862. The third kappa shape index (κ3) is 5.37. The first-order valence-electron chi connectivity index (χ1n) is 9.77. The Morgan fingerprint density at radius 1 is 1.11 bits per heavy atom. The number of hydrogen-bond acceptors (Lipinski definition) is 4. The third-order valence-corrected chi connectivity index (χ3v) is 5.18. The molecule has 1 aromatic rings. The zero-order valence-electron chi connectivity index (χ0n) is 16.4. The lowest BCUT2D eigenvalue weighted by atomic mass is 9.91. The minimum absolute atomic E-state index is 0.206. The SMILES string of the molecule is CC(C)(C)OC(=O)NCC1CC2CCC(C1)N2C(=O)OCc1ccccc1. The number of ether oxygens (including phenoxy) is 2. The van der Waals surface area contributed by atoms with Crippen LogP contribution in [0.15, 0.2) is 30.3 Å². The van der Waals surface area contributed by atoms with Crippen LogP contribution in [-0.4, -0.2) is 41.3 Å². The van der Waals surface area contributed by atoms with Crippen molar-refractivity contribution in [1.29, 1.82) is 0 Å². The molecular formula is C21H30N2O4. The monoisotopic (exact) mass is 374 g/mol.